The molecule has 0 atom stereocenters. The Morgan fingerprint density at radius 2 is 2.09 bits per heavy atom. The number of aryl methyl sites for hydroxylation is 1. The molecule has 0 aliphatic heterocycles. The first-order valence-corrected chi connectivity index (χ1v) is 11.5. The quantitative estimate of drug-likeness (QED) is 0.540. The number of ether oxygens (including phenoxy) is 1. The van der Waals surface area contributed by atoms with Gasteiger partial charge in [0, 0.05) is 24.0 Å². The Balaban J connectivity index is 1.61. The van der Waals surface area contributed by atoms with E-state index in [1.165, 1.54) is 7.11 Å². The third-order valence-corrected chi connectivity index (χ3v) is 6.53. The second kappa shape index (κ2) is 9.14. The summed E-state index contributed by atoms with van der Waals surface area (Å²) >= 11 is 0. The summed E-state index contributed by atoms with van der Waals surface area (Å²) in [6, 6.07) is 6.35. The van der Waals surface area contributed by atoms with Crippen molar-refractivity contribution in [1.29, 1.82) is 0 Å². The highest BCUT2D eigenvalue weighted by Crippen LogP contribution is 2.38. The maximum absolute atomic E-state index is 12.7. The van der Waals surface area contributed by atoms with Gasteiger partial charge >= 0.3 is 6.03 Å². The van der Waals surface area contributed by atoms with Gasteiger partial charge in [-0.1, -0.05) is 12.1 Å². The van der Waals surface area contributed by atoms with Crippen LogP contribution in [-0.2, 0) is 29.4 Å². The van der Waals surface area contributed by atoms with Crippen molar-refractivity contribution in [2.75, 3.05) is 12.4 Å². The van der Waals surface area contributed by atoms with Crippen LogP contribution in [0.15, 0.2) is 47.8 Å². The van der Waals surface area contributed by atoms with Crippen LogP contribution in [0.5, 0.6) is 5.88 Å². The molecule has 3 aromatic rings. The number of halogens is 2. The molecule has 2 amide bonds. The second-order valence-corrected chi connectivity index (χ2v) is 9.10. The average Bonchev–Trinajstić information content (AvgIpc) is 3.43. The molecule has 2 N–H and O–H groups in total. The minimum atomic E-state index is -4.32. The van der Waals surface area contributed by atoms with Crippen LogP contribution in [0, 0.1) is 0 Å². The summed E-state index contributed by atoms with van der Waals surface area (Å²) in [4.78, 5) is 16.4. The number of anilines is 1. The number of benzene rings is 1. The van der Waals surface area contributed by atoms with Gasteiger partial charge in [-0.15, -0.1) is 0 Å². The number of sulfonamides is 1. The van der Waals surface area contributed by atoms with E-state index in [9.17, 15) is 22.0 Å². The van der Waals surface area contributed by atoms with E-state index < -0.39 is 33.9 Å². The van der Waals surface area contributed by atoms with Crippen LogP contribution in [-0.4, -0.2) is 42.7 Å². The summed E-state index contributed by atoms with van der Waals surface area (Å²) in [7, 11) is -2.82. The molecular formula is C21H21F2N5O4S. The fraction of sp³-hybridized carbons (Fsp3) is 0.286. The number of carbonyl (C=O) groups excluding carboxylic acids is 1. The largest absolute Gasteiger partial charge is 0.481 e. The van der Waals surface area contributed by atoms with Gasteiger partial charge in [0.2, 0.25) is 5.88 Å². The zero-order valence-electron chi connectivity index (χ0n) is 17.6. The maximum atomic E-state index is 12.7. The molecule has 0 unspecified atom stereocenters. The SMILES string of the molecule is COc1cc(-c2ccc3c(c2NC(=O)NS(=O)(=O)c2cnn(CC(F)F)c2)CCC3)ccn1. The number of rotatable bonds is 7. The summed E-state index contributed by atoms with van der Waals surface area (Å²) in [6.45, 7) is -0.753. The Bertz CT molecular complexity index is 1290. The average molecular weight is 477 g/mol. The van der Waals surface area contributed by atoms with Gasteiger partial charge < -0.3 is 10.1 Å². The number of carbonyl (C=O) groups is 1. The molecule has 9 nitrogen and oxygen atoms in total. The Morgan fingerprint density at radius 1 is 1.27 bits per heavy atom. The van der Waals surface area contributed by atoms with E-state index in [0.29, 0.717) is 17.1 Å². The lowest BCUT2D eigenvalue weighted by molar-refractivity contribution is 0.121. The van der Waals surface area contributed by atoms with Crippen molar-refractivity contribution in [3.05, 3.63) is 54.0 Å². The number of pyridine rings is 1. The first-order chi connectivity index (χ1) is 15.8. The van der Waals surface area contributed by atoms with E-state index in [2.05, 4.69) is 15.4 Å². The number of urea groups is 1. The zero-order valence-corrected chi connectivity index (χ0v) is 18.4. The van der Waals surface area contributed by atoms with Crippen LogP contribution in [0.4, 0.5) is 19.3 Å². The molecule has 0 bridgehead atoms. The predicted octanol–water partition coefficient (Wildman–Crippen LogP) is 3.22. The number of amides is 2. The van der Waals surface area contributed by atoms with Gasteiger partial charge in [-0.2, -0.15) is 5.10 Å². The number of nitrogens with zero attached hydrogens (tertiary/aromatic N) is 3. The molecule has 174 valence electrons. The normalized spacial score (nSPS) is 13.1. The number of alkyl halides is 2. The number of methoxy groups -OCH3 is 1. The van der Waals surface area contributed by atoms with Crippen LogP contribution in [0.3, 0.4) is 0 Å². The molecule has 0 saturated heterocycles. The van der Waals surface area contributed by atoms with Gasteiger partial charge in [0.05, 0.1) is 19.0 Å². The van der Waals surface area contributed by atoms with Crippen LogP contribution in [0.2, 0.25) is 0 Å². The van der Waals surface area contributed by atoms with Crippen LogP contribution in [0.1, 0.15) is 17.5 Å². The molecule has 1 aliphatic rings. The second-order valence-electron chi connectivity index (χ2n) is 7.42. The van der Waals surface area contributed by atoms with E-state index in [1.54, 1.807) is 18.3 Å². The molecular weight excluding hydrogens is 456 g/mol. The van der Waals surface area contributed by atoms with Crippen molar-refractivity contribution in [2.45, 2.75) is 37.1 Å². The molecule has 2 aromatic heterocycles. The van der Waals surface area contributed by atoms with E-state index >= 15 is 0 Å². The van der Waals surface area contributed by atoms with Crippen molar-refractivity contribution in [2.24, 2.45) is 0 Å². The Kier molecular flexibility index (Phi) is 6.27. The molecule has 2 heterocycles. The van der Waals surface area contributed by atoms with E-state index in [-0.39, 0.29) is 0 Å². The zero-order chi connectivity index (χ0) is 23.6. The van der Waals surface area contributed by atoms with E-state index in [1.807, 2.05) is 16.9 Å². The third kappa shape index (κ3) is 4.95. The standard InChI is InChI=1S/C21H21F2N5O4S/c1-32-19-9-14(7-8-24-19)17-6-5-13-3-2-4-16(13)20(17)26-21(29)27-33(30,31)15-10-25-28(11-15)12-18(22)23/h5-11,18H,2-4,12H2,1H3,(H2,26,27,29). The molecule has 33 heavy (non-hydrogen) atoms. The lowest BCUT2D eigenvalue weighted by Crippen LogP contribution is -2.34. The van der Waals surface area contributed by atoms with Crippen molar-refractivity contribution >= 4 is 21.7 Å². The Morgan fingerprint density at radius 3 is 2.85 bits per heavy atom. The lowest BCUT2D eigenvalue weighted by Gasteiger charge is -2.17. The monoisotopic (exact) mass is 477 g/mol. The van der Waals surface area contributed by atoms with Gasteiger partial charge in [0.15, 0.2) is 0 Å². The first-order valence-electron chi connectivity index (χ1n) is 10.1. The Hall–Kier alpha value is -3.54. The Labute approximate surface area is 188 Å². The number of nitrogens with one attached hydrogen (secondary N) is 2. The van der Waals surface area contributed by atoms with Crippen molar-refractivity contribution in [3.63, 3.8) is 0 Å². The molecule has 1 aliphatic carbocycles. The van der Waals surface area contributed by atoms with Gasteiger partial charge in [-0.3, -0.25) is 4.68 Å². The van der Waals surface area contributed by atoms with Gasteiger partial charge in [0.1, 0.15) is 11.4 Å². The first kappa shape index (κ1) is 22.6. The van der Waals surface area contributed by atoms with Crippen molar-refractivity contribution < 1.29 is 26.7 Å². The fourth-order valence-electron chi connectivity index (χ4n) is 3.78. The number of fused-ring (bicyclic) bond motifs is 1. The molecule has 0 fully saturated rings. The summed E-state index contributed by atoms with van der Waals surface area (Å²) in [5.41, 5.74) is 3.93. The summed E-state index contributed by atoms with van der Waals surface area (Å²) in [6.07, 6.45) is 3.23. The van der Waals surface area contributed by atoms with Gasteiger partial charge in [-0.05, 0) is 42.0 Å². The molecule has 0 saturated carbocycles. The van der Waals surface area contributed by atoms with Crippen molar-refractivity contribution in [1.82, 2.24) is 19.5 Å². The minimum Gasteiger partial charge on any atom is -0.481 e. The van der Waals surface area contributed by atoms with Gasteiger partial charge in [-0.25, -0.2) is 31.7 Å². The predicted molar refractivity (Wildman–Crippen MR) is 116 cm³/mol. The summed E-state index contributed by atoms with van der Waals surface area (Å²) < 4.78 is 58.1. The molecule has 12 heteroatoms. The molecule has 0 spiro atoms. The van der Waals surface area contributed by atoms with E-state index in [0.717, 1.165) is 53.0 Å². The van der Waals surface area contributed by atoms with Crippen molar-refractivity contribution in [3.8, 4) is 17.0 Å². The molecule has 0 radical (unpaired) electrons. The van der Waals surface area contributed by atoms with Crippen LogP contribution >= 0.6 is 0 Å². The topological polar surface area (TPSA) is 115 Å². The highest BCUT2D eigenvalue weighted by Gasteiger charge is 2.24. The van der Waals surface area contributed by atoms with Crippen LogP contribution in [0.25, 0.3) is 11.1 Å². The smallest absolute Gasteiger partial charge is 0.333 e. The molecule has 1 aromatic carbocycles. The fourth-order valence-corrected chi connectivity index (χ4v) is 4.64. The molecule has 4 rings (SSSR count). The van der Waals surface area contributed by atoms with Gasteiger partial charge in [0.25, 0.3) is 16.4 Å². The summed E-state index contributed by atoms with van der Waals surface area (Å²) in [5.74, 6) is 0.395. The highest BCUT2D eigenvalue weighted by molar-refractivity contribution is 7.90. The summed E-state index contributed by atoms with van der Waals surface area (Å²) in [5, 5.41) is 6.27. The maximum Gasteiger partial charge on any atom is 0.333 e. The number of aromatic nitrogens is 3. The third-order valence-electron chi connectivity index (χ3n) is 5.25. The number of hydrogen-bond donors (Lipinski definition) is 2. The van der Waals surface area contributed by atoms with Crippen LogP contribution < -0.4 is 14.8 Å². The van der Waals surface area contributed by atoms with E-state index in [4.69, 9.17) is 4.74 Å². The lowest BCUT2D eigenvalue weighted by atomic mass is 9.98. The highest BCUT2D eigenvalue weighted by atomic mass is 32.2. The number of hydrogen-bond acceptors (Lipinski definition) is 6. The minimum absolute atomic E-state index is 0.393.